The molecule has 1 saturated heterocycles. The zero-order chi connectivity index (χ0) is 20.2. The molecule has 0 bridgehead atoms. The summed E-state index contributed by atoms with van der Waals surface area (Å²) in [6.45, 7) is 4.74. The fourth-order valence-corrected chi connectivity index (χ4v) is 3.93. The molecule has 1 aromatic carbocycles. The van der Waals surface area contributed by atoms with Crippen LogP contribution in [0.4, 0.5) is 13.2 Å². The van der Waals surface area contributed by atoms with E-state index in [9.17, 15) is 26.4 Å². The molecule has 27 heavy (non-hydrogen) atoms. The molecular weight excluding hydrogens is 385 g/mol. The Morgan fingerprint density at radius 2 is 1.85 bits per heavy atom. The third-order valence-electron chi connectivity index (χ3n) is 4.57. The fraction of sp³-hybridized carbons (Fsp3) is 0.471. The molecule has 2 aliphatic rings. The first-order valence-corrected chi connectivity index (χ1v) is 9.67. The van der Waals surface area contributed by atoms with Crippen LogP contribution in [0.1, 0.15) is 19.4 Å². The quantitative estimate of drug-likeness (QED) is 0.757. The maximum atomic E-state index is 12.8. The largest absolute Gasteiger partial charge is 0.501 e. The highest BCUT2D eigenvalue weighted by atomic mass is 32.2. The fourth-order valence-electron chi connectivity index (χ4n) is 3.13. The summed E-state index contributed by atoms with van der Waals surface area (Å²) in [5.41, 5.74) is -5.63. The second-order valence-electron chi connectivity index (χ2n) is 7.07. The minimum absolute atomic E-state index is 0.158. The van der Waals surface area contributed by atoms with Gasteiger partial charge in [0.25, 0.3) is 9.84 Å². The highest BCUT2D eigenvalue weighted by molar-refractivity contribution is 7.92. The standard InChI is InChI=1S/C17H19F3N2O4S/c1-16(2)14(22-7-6-21(3)10-15(22)23)9-11-8-12(4-5-13(11)26-16)27(24,25)17(18,19)20/h4-5,8-9H,6-7,10H2,1-3H3. The summed E-state index contributed by atoms with van der Waals surface area (Å²) in [4.78, 5) is 14.9. The van der Waals surface area contributed by atoms with Gasteiger partial charge in [0.05, 0.1) is 17.1 Å². The van der Waals surface area contributed by atoms with Gasteiger partial charge in [0, 0.05) is 18.7 Å². The minimum atomic E-state index is -5.47. The number of piperazine rings is 1. The Morgan fingerprint density at radius 1 is 1.19 bits per heavy atom. The number of carbonyl (C=O) groups excluding carboxylic acids is 1. The van der Waals surface area contributed by atoms with Crippen molar-refractivity contribution in [2.75, 3.05) is 26.7 Å². The van der Waals surface area contributed by atoms with Crippen molar-refractivity contribution in [3.8, 4) is 5.75 Å². The van der Waals surface area contributed by atoms with Crippen molar-refractivity contribution < 1.29 is 31.1 Å². The highest BCUT2D eigenvalue weighted by Crippen LogP contribution is 2.40. The maximum Gasteiger partial charge on any atom is 0.501 e. The maximum absolute atomic E-state index is 12.8. The molecular formula is C17H19F3N2O4S. The molecule has 0 aromatic heterocycles. The molecule has 1 amide bonds. The van der Waals surface area contributed by atoms with E-state index in [0.717, 1.165) is 12.1 Å². The van der Waals surface area contributed by atoms with Gasteiger partial charge in [-0.3, -0.25) is 9.69 Å². The van der Waals surface area contributed by atoms with E-state index >= 15 is 0 Å². The smallest absolute Gasteiger partial charge is 0.481 e. The van der Waals surface area contributed by atoms with Crippen LogP contribution >= 0.6 is 0 Å². The van der Waals surface area contributed by atoms with E-state index in [1.165, 1.54) is 17.0 Å². The third kappa shape index (κ3) is 3.43. The number of ether oxygens (including phenoxy) is 1. The van der Waals surface area contributed by atoms with Crippen LogP contribution in [-0.2, 0) is 14.6 Å². The number of carbonyl (C=O) groups is 1. The van der Waals surface area contributed by atoms with E-state index in [1.54, 1.807) is 13.8 Å². The van der Waals surface area contributed by atoms with Crippen LogP contribution in [-0.4, -0.2) is 61.9 Å². The minimum Gasteiger partial charge on any atom is -0.481 e. The van der Waals surface area contributed by atoms with Crippen molar-refractivity contribution in [3.05, 3.63) is 29.5 Å². The summed E-state index contributed by atoms with van der Waals surface area (Å²) in [5, 5.41) is 0. The lowest BCUT2D eigenvalue weighted by molar-refractivity contribution is -0.134. The second-order valence-corrected chi connectivity index (χ2v) is 9.02. The van der Waals surface area contributed by atoms with E-state index in [-0.39, 0.29) is 23.8 Å². The van der Waals surface area contributed by atoms with Gasteiger partial charge in [-0.05, 0) is 45.2 Å². The molecule has 2 heterocycles. The average molecular weight is 404 g/mol. The normalized spacial score (nSPS) is 20.7. The molecule has 3 rings (SSSR count). The number of hydrogen-bond acceptors (Lipinski definition) is 5. The molecule has 1 aromatic rings. The summed E-state index contributed by atoms with van der Waals surface area (Å²) in [7, 11) is -3.66. The molecule has 0 saturated carbocycles. The van der Waals surface area contributed by atoms with E-state index < -0.39 is 25.8 Å². The van der Waals surface area contributed by atoms with Crippen molar-refractivity contribution in [2.45, 2.75) is 29.9 Å². The zero-order valence-electron chi connectivity index (χ0n) is 15.0. The molecule has 10 heteroatoms. The van der Waals surface area contributed by atoms with Crippen molar-refractivity contribution in [1.29, 1.82) is 0 Å². The Balaban J connectivity index is 2.07. The summed E-state index contributed by atoms with van der Waals surface area (Å²) >= 11 is 0. The number of likely N-dealkylation sites (N-methyl/N-ethyl adjacent to an activating group) is 1. The number of halogens is 3. The van der Waals surface area contributed by atoms with Gasteiger partial charge in [-0.2, -0.15) is 13.2 Å². The number of nitrogens with zero attached hydrogens (tertiary/aromatic N) is 2. The van der Waals surface area contributed by atoms with Gasteiger partial charge < -0.3 is 9.64 Å². The Morgan fingerprint density at radius 3 is 2.44 bits per heavy atom. The Labute approximate surface area is 155 Å². The number of sulfone groups is 1. The third-order valence-corrected chi connectivity index (χ3v) is 6.06. The highest BCUT2D eigenvalue weighted by Gasteiger charge is 2.47. The van der Waals surface area contributed by atoms with Crippen LogP contribution in [0, 0.1) is 0 Å². The van der Waals surface area contributed by atoms with E-state index in [2.05, 4.69) is 0 Å². The first kappa shape index (κ1) is 19.7. The summed E-state index contributed by atoms with van der Waals surface area (Å²) in [6.07, 6.45) is 1.53. The SMILES string of the molecule is CN1CCN(C2=Cc3cc(S(=O)(=O)C(F)(F)F)ccc3OC2(C)C)C(=O)C1. The Bertz CT molecular complexity index is 923. The number of rotatable bonds is 2. The van der Waals surface area contributed by atoms with Gasteiger partial charge in [-0.1, -0.05) is 0 Å². The molecule has 0 unspecified atom stereocenters. The van der Waals surface area contributed by atoms with Crippen LogP contribution in [0.25, 0.3) is 6.08 Å². The lowest BCUT2D eigenvalue weighted by atomic mass is 9.96. The van der Waals surface area contributed by atoms with Gasteiger partial charge >= 0.3 is 5.51 Å². The average Bonchev–Trinajstić information content (AvgIpc) is 2.52. The lowest BCUT2D eigenvalue weighted by Crippen LogP contribution is -2.53. The Hall–Kier alpha value is -2.07. The molecule has 1 fully saturated rings. The van der Waals surface area contributed by atoms with Crippen LogP contribution in [0.15, 0.2) is 28.8 Å². The molecule has 148 valence electrons. The number of amides is 1. The van der Waals surface area contributed by atoms with Crippen LogP contribution in [0.3, 0.4) is 0 Å². The van der Waals surface area contributed by atoms with E-state index in [4.69, 9.17) is 4.74 Å². The number of alkyl halides is 3. The number of benzene rings is 1. The van der Waals surface area contributed by atoms with Gasteiger partial charge in [0.15, 0.2) is 0 Å². The summed E-state index contributed by atoms with van der Waals surface area (Å²) < 4.78 is 67.7. The molecule has 0 aliphatic carbocycles. The van der Waals surface area contributed by atoms with Gasteiger partial charge in [-0.15, -0.1) is 0 Å². The van der Waals surface area contributed by atoms with Crippen LogP contribution in [0.2, 0.25) is 0 Å². The molecule has 0 N–H and O–H groups in total. The monoisotopic (exact) mass is 404 g/mol. The summed E-state index contributed by atoms with van der Waals surface area (Å²) in [6, 6.07) is 3.00. The van der Waals surface area contributed by atoms with E-state index in [0.29, 0.717) is 18.8 Å². The predicted molar refractivity (Wildman–Crippen MR) is 91.6 cm³/mol. The topological polar surface area (TPSA) is 66.9 Å². The first-order chi connectivity index (χ1) is 12.3. The predicted octanol–water partition coefficient (Wildman–Crippen LogP) is 2.27. The molecule has 0 atom stereocenters. The molecule has 0 spiro atoms. The van der Waals surface area contributed by atoms with Crippen molar-refractivity contribution >= 4 is 21.8 Å². The molecule has 0 radical (unpaired) electrons. The number of fused-ring (bicyclic) bond motifs is 1. The van der Waals surface area contributed by atoms with Crippen molar-refractivity contribution in [3.63, 3.8) is 0 Å². The van der Waals surface area contributed by atoms with Crippen LogP contribution < -0.4 is 4.74 Å². The van der Waals surface area contributed by atoms with Gasteiger partial charge in [-0.25, -0.2) is 8.42 Å². The van der Waals surface area contributed by atoms with Crippen molar-refractivity contribution in [1.82, 2.24) is 9.80 Å². The molecule has 6 nitrogen and oxygen atoms in total. The van der Waals surface area contributed by atoms with Gasteiger partial charge in [0.1, 0.15) is 11.4 Å². The number of hydrogen-bond donors (Lipinski definition) is 0. The van der Waals surface area contributed by atoms with Crippen molar-refractivity contribution in [2.24, 2.45) is 0 Å². The Kier molecular flexibility index (Phi) is 4.54. The zero-order valence-corrected chi connectivity index (χ0v) is 15.8. The van der Waals surface area contributed by atoms with Crippen LogP contribution in [0.5, 0.6) is 5.75 Å². The lowest BCUT2D eigenvalue weighted by Gasteiger charge is -2.42. The van der Waals surface area contributed by atoms with E-state index in [1.807, 2.05) is 11.9 Å². The second kappa shape index (κ2) is 6.23. The first-order valence-electron chi connectivity index (χ1n) is 8.18. The molecule has 2 aliphatic heterocycles. The van der Waals surface area contributed by atoms with Gasteiger partial charge in [0.2, 0.25) is 5.91 Å². The summed E-state index contributed by atoms with van der Waals surface area (Å²) in [5.74, 6) is 0.0978.